The van der Waals surface area contributed by atoms with E-state index in [1.165, 1.54) is 35.4 Å². The molecule has 0 fully saturated rings. The number of alkyl halides is 3. The second-order valence-corrected chi connectivity index (χ2v) is 7.80. The molecule has 5 nitrogen and oxygen atoms in total. The number of nitrogens with zero attached hydrogens (tertiary/aromatic N) is 4. The highest BCUT2D eigenvalue weighted by molar-refractivity contribution is 14.0. The Balaban J connectivity index is 0.00000364. The number of aryl methyl sites for hydroxylation is 2. The number of fused-ring (bicyclic) bond motifs is 1. The summed E-state index contributed by atoms with van der Waals surface area (Å²) >= 11 is 1.77. The van der Waals surface area contributed by atoms with Gasteiger partial charge in [0.1, 0.15) is 5.01 Å². The van der Waals surface area contributed by atoms with Crippen LogP contribution in [0.15, 0.2) is 4.99 Å². The molecule has 1 aliphatic rings. The predicted molar refractivity (Wildman–Crippen MR) is 115 cm³/mol. The molecular formula is C17H29F3IN5S. The Morgan fingerprint density at radius 2 is 1.96 bits per heavy atom. The van der Waals surface area contributed by atoms with Crippen molar-refractivity contribution in [1.29, 1.82) is 0 Å². The van der Waals surface area contributed by atoms with Crippen LogP contribution in [-0.4, -0.2) is 67.2 Å². The van der Waals surface area contributed by atoms with Crippen molar-refractivity contribution in [3.8, 4) is 0 Å². The topological polar surface area (TPSA) is 43.8 Å². The normalized spacial score (nSPS) is 14.7. The first-order chi connectivity index (χ1) is 12.3. The Morgan fingerprint density at radius 3 is 2.59 bits per heavy atom. The van der Waals surface area contributed by atoms with Crippen molar-refractivity contribution in [2.24, 2.45) is 4.99 Å². The van der Waals surface area contributed by atoms with Crippen molar-refractivity contribution >= 4 is 41.3 Å². The van der Waals surface area contributed by atoms with Gasteiger partial charge < -0.3 is 10.2 Å². The fraction of sp³-hybridized carbons (Fsp3) is 0.765. The quantitative estimate of drug-likeness (QED) is 0.340. The molecule has 0 bridgehead atoms. The molecule has 0 saturated carbocycles. The van der Waals surface area contributed by atoms with E-state index < -0.39 is 12.7 Å². The third-order valence-corrected chi connectivity index (χ3v) is 5.29. The second kappa shape index (κ2) is 11.4. The smallest absolute Gasteiger partial charge is 0.357 e. The molecule has 156 valence electrons. The van der Waals surface area contributed by atoms with Crippen molar-refractivity contribution in [1.82, 2.24) is 20.1 Å². The van der Waals surface area contributed by atoms with Crippen molar-refractivity contribution in [3.63, 3.8) is 0 Å². The molecule has 0 radical (unpaired) electrons. The number of hydrogen-bond acceptors (Lipinski definition) is 4. The van der Waals surface area contributed by atoms with Gasteiger partial charge in [-0.15, -0.1) is 35.3 Å². The highest BCUT2D eigenvalue weighted by atomic mass is 127. The summed E-state index contributed by atoms with van der Waals surface area (Å²) in [6.07, 6.45) is 0.455. The lowest BCUT2D eigenvalue weighted by atomic mass is 10.0. The number of halogens is 4. The zero-order valence-electron chi connectivity index (χ0n) is 16.1. The lowest BCUT2D eigenvalue weighted by molar-refractivity contribution is -0.142. The van der Waals surface area contributed by atoms with Gasteiger partial charge in [-0.2, -0.15) is 13.2 Å². The van der Waals surface area contributed by atoms with Crippen LogP contribution in [0.5, 0.6) is 0 Å². The molecule has 0 spiro atoms. The van der Waals surface area contributed by atoms with E-state index >= 15 is 0 Å². The molecule has 0 saturated heterocycles. The number of rotatable bonds is 7. The van der Waals surface area contributed by atoms with E-state index in [1.807, 2.05) is 18.9 Å². The first-order valence-electron chi connectivity index (χ1n) is 9.00. The van der Waals surface area contributed by atoms with Crippen LogP contribution >= 0.6 is 35.3 Å². The van der Waals surface area contributed by atoms with Gasteiger partial charge in [-0.05, 0) is 39.7 Å². The fourth-order valence-corrected chi connectivity index (χ4v) is 4.14. The molecule has 1 aromatic rings. The SMILES string of the molecule is CCNC(=NCCN(C)CC(F)(F)F)N(C)Cc1nc2c(s1)CCCC2.I. The van der Waals surface area contributed by atoms with Crippen LogP contribution in [0.2, 0.25) is 0 Å². The van der Waals surface area contributed by atoms with Crippen LogP contribution in [0.3, 0.4) is 0 Å². The summed E-state index contributed by atoms with van der Waals surface area (Å²) in [4.78, 5) is 13.8. The zero-order valence-corrected chi connectivity index (χ0v) is 19.3. The van der Waals surface area contributed by atoms with E-state index in [2.05, 4.69) is 10.3 Å². The molecule has 1 heterocycles. The summed E-state index contributed by atoms with van der Waals surface area (Å²) in [5.41, 5.74) is 1.24. The number of guanidine groups is 1. The summed E-state index contributed by atoms with van der Waals surface area (Å²) in [7, 11) is 3.39. The van der Waals surface area contributed by atoms with Crippen LogP contribution in [0.1, 0.15) is 35.3 Å². The van der Waals surface area contributed by atoms with E-state index in [0.29, 0.717) is 25.6 Å². The maximum Gasteiger partial charge on any atom is 0.401 e. The molecule has 10 heteroatoms. The molecule has 0 amide bonds. The van der Waals surface area contributed by atoms with Gasteiger partial charge in [0.25, 0.3) is 0 Å². The number of likely N-dealkylation sites (N-methyl/N-ethyl adjacent to an activating group) is 1. The van der Waals surface area contributed by atoms with Gasteiger partial charge >= 0.3 is 6.18 Å². The number of thiazole rings is 1. The molecular weight excluding hydrogens is 490 g/mol. The number of nitrogens with one attached hydrogen (secondary N) is 1. The lowest BCUT2D eigenvalue weighted by Gasteiger charge is -2.22. The van der Waals surface area contributed by atoms with E-state index in [4.69, 9.17) is 4.98 Å². The average Bonchev–Trinajstić information content (AvgIpc) is 2.94. The van der Waals surface area contributed by atoms with Crippen LogP contribution in [0.4, 0.5) is 13.2 Å². The van der Waals surface area contributed by atoms with Crippen molar-refractivity contribution in [2.45, 2.75) is 45.3 Å². The largest absolute Gasteiger partial charge is 0.401 e. The van der Waals surface area contributed by atoms with E-state index in [-0.39, 0.29) is 30.5 Å². The van der Waals surface area contributed by atoms with Gasteiger partial charge in [0.05, 0.1) is 25.3 Å². The third-order valence-electron chi connectivity index (χ3n) is 4.15. The van der Waals surface area contributed by atoms with Crippen molar-refractivity contribution in [2.75, 3.05) is 40.3 Å². The zero-order chi connectivity index (χ0) is 19.2. The van der Waals surface area contributed by atoms with Crippen LogP contribution in [0.25, 0.3) is 0 Å². The van der Waals surface area contributed by atoms with E-state index in [9.17, 15) is 13.2 Å². The Bertz CT molecular complexity index is 582. The van der Waals surface area contributed by atoms with Gasteiger partial charge in [0, 0.05) is 25.0 Å². The van der Waals surface area contributed by atoms with Crippen LogP contribution in [0, 0.1) is 0 Å². The summed E-state index contributed by atoms with van der Waals surface area (Å²) in [6.45, 7) is 2.99. The molecule has 0 aliphatic heterocycles. The third kappa shape index (κ3) is 8.51. The van der Waals surface area contributed by atoms with Gasteiger partial charge in [-0.1, -0.05) is 0 Å². The molecule has 27 heavy (non-hydrogen) atoms. The summed E-state index contributed by atoms with van der Waals surface area (Å²) in [5.74, 6) is 0.695. The minimum atomic E-state index is -4.18. The first-order valence-corrected chi connectivity index (χ1v) is 9.82. The molecule has 1 aromatic heterocycles. The van der Waals surface area contributed by atoms with Crippen molar-refractivity contribution in [3.05, 3.63) is 15.6 Å². The standard InChI is InChI=1S/C17H28F3N5S.HI/c1-4-21-16(22-9-10-24(2)12-17(18,19)20)25(3)11-15-23-13-7-5-6-8-14(13)26-15;/h4-12H2,1-3H3,(H,21,22);1H. The van der Waals surface area contributed by atoms with Crippen LogP contribution in [-0.2, 0) is 19.4 Å². The molecule has 1 aliphatic carbocycles. The molecule has 0 unspecified atom stereocenters. The summed E-state index contributed by atoms with van der Waals surface area (Å²) < 4.78 is 37.1. The predicted octanol–water partition coefficient (Wildman–Crippen LogP) is 3.53. The molecule has 2 rings (SSSR count). The monoisotopic (exact) mass is 519 g/mol. The highest BCUT2D eigenvalue weighted by Crippen LogP contribution is 2.27. The Hall–Kier alpha value is -0.620. The van der Waals surface area contributed by atoms with Crippen LogP contribution < -0.4 is 5.32 Å². The van der Waals surface area contributed by atoms with Gasteiger partial charge in [-0.25, -0.2) is 4.98 Å². The molecule has 1 N–H and O–H groups in total. The first kappa shape index (κ1) is 24.4. The summed E-state index contributed by atoms with van der Waals surface area (Å²) in [5, 5.41) is 4.27. The minimum absolute atomic E-state index is 0. The number of aromatic nitrogens is 1. The highest BCUT2D eigenvalue weighted by Gasteiger charge is 2.28. The Morgan fingerprint density at radius 1 is 1.26 bits per heavy atom. The van der Waals surface area contributed by atoms with Gasteiger partial charge in [0.2, 0.25) is 0 Å². The number of aliphatic imine (C=N–C) groups is 1. The minimum Gasteiger partial charge on any atom is -0.357 e. The molecule has 0 aromatic carbocycles. The van der Waals surface area contributed by atoms with Gasteiger partial charge in [-0.3, -0.25) is 9.89 Å². The fourth-order valence-electron chi connectivity index (χ4n) is 2.93. The summed E-state index contributed by atoms with van der Waals surface area (Å²) in [6, 6.07) is 0. The lowest BCUT2D eigenvalue weighted by Crippen LogP contribution is -2.39. The van der Waals surface area contributed by atoms with Crippen molar-refractivity contribution < 1.29 is 13.2 Å². The Labute approximate surface area is 180 Å². The maximum atomic E-state index is 12.4. The van der Waals surface area contributed by atoms with E-state index in [0.717, 1.165) is 17.8 Å². The number of hydrogen-bond donors (Lipinski definition) is 1. The van der Waals surface area contributed by atoms with E-state index in [1.54, 1.807) is 11.3 Å². The average molecular weight is 519 g/mol. The molecule has 0 atom stereocenters. The second-order valence-electron chi connectivity index (χ2n) is 6.63. The van der Waals surface area contributed by atoms with Gasteiger partial charge in [0.15, 0.2) is 5.96 Å². The Kier molecular flexibility index (Phi) is 10.3. The maximum absolute atomic E-state index is 12.4.